The van der Waals surface area contributed by atoms with E-state index in [1.807, 2.05) is 0 Å². The first-order chi connectivity index (χ1) is 16.8. The van der Waals surface area contributed by atoms with Gasteiger partial charge in [0.1, 0.15) is 0 Å². The Morgan fingerprint density at radius 2 is 1.11 bits per heavy atom. The Morgan fingerprint density at radius 3 is 1.43 bits per heavy atom. The molecule has 2 unspecified atom stereocenters. The van der Waals surface area contributed by atoms with E-state index in [2.05, 4.69) is 41.5 Å². The molecule has 0 radical (unpaired) electrons. The van der Waals surface area contributed by atoms with Crippen molar-refractivity contribution >= 4 is 33.1 Å². The second-order valence-corrected chi connectivity index (χ2v) is 14.8. The fourth-order valence-corrected chi connectivity index (χ4v) is 9.01. The predicted octanol–water partition coefficient (Wildman–Crippen LogP) is 6.98. The Morgan fingerprint density at radius 1 is 0.686 bits per heavy atom. The van der Waals surface area contributed by atoms with Crippen LogP contribution in [0.25, 0.3) is 0 Å². The molecular weight excluding hydrogens is 543 g/mol. The molecule has 0 N–H and O–H groups in total. The molecule has 0 rings (SSSR count). The topological polar surface area (TPSA) is 80.3 Å². The molecule has 0 bridgehead atoms. The van der Waals surface area contributed by atoms with Crippen LogP contribution in [-0.4, -0.2) is 33.1 Å². The van der Waals surface area contributed by atoms with Crippen LogP contribution in [0.3, 0.4) is 0 Å². The third-order valence-corrected chi connectivity index (χ3v) is 11.4. The van der Waals surface area contributed by atoms with Crippen molar-refractivity contribution in [1.82, 2.24) is 0 Å². The molecule has 0 aliphatic rings. The molecule has 0 heterocycles. The summed E-state index contributed by atoms with van der Waals surface area (Å²) in [6.07, 6.45) is 16.1. The van der Waals surface area contributed by atoms with Crippen molar-refractivity contribution in [1.29, 1.82) is 0 Å². The van der Waals surface area contributed by atoms with Crippen LogP contribution < -0.4 is 10.2 Å². The van der Waals surface area contributed by atoms with Gasteiger partial charge in [-0.2, -0.15) is 0 Å². The number of hydrogen-bond acceptors (Lipinski definition) is 4. The van der Waals surface area contributed by atoms with Crippen LogP contribution in [0, 0.1) is 17.3 Å². The standard InChI is InChI=1S/C22H42O4.2C4H9.Sn/c1-5-9-12-18(7-3)16-22(21(25)26,15-11-14-20(23)24)17-19(8-4)13-10-6-2;2*1-3-4-2;/h18-19H,5-17H2,1-4H3,(H,23,24)(H,25,26);2*1,3-4H2,2H3;/q;;;+2/p-2. The molecule has 4 nitrogen and oxygen atoms in total. The number of hydrogen-bond donors (Lipinski definition) is 0. The van der Waals surface area contributed by atoms with E-state index in [9.17, 15) is 19.8 Å². The number of carboxylic acids is 2. The first-order valence-corrected chi connectivity index (χ1v) is 18.9. The van der Waals surface area contributed by atoms with Crippen molar-refractivity contribution in [3.8, 4) is 0 Å². The molecule has 0 aromatic rings. The summed E-state index contributed by atoms with van der Waals surface area (Å²) >= 11 is 0.149. The average Bonchev–Trinajstić information content (AvgIpc) is 2.83. The number of aliphatic carboxylic acids is 2. The van der Waals surface area contributed by atoms with Gasteiger partial charge in [0.25, 0.3) is 0 Å². The zero-order valence-corrected chi connectivity index (χ0v) is 27.1. The summed E-state index contributed by atoms with van der Waals surface area (Å²) in [7, 11) is 0. The molecule has 0 amide bonds. The predicted molar refractivity (Wildman–Crippen MR) is 147 cm³/mol. The maximum absolute atomic E-state index is 12.3. The van der Waals surface area contributed by atoms with Crippen molar-refractivity contribution in [2.45, 2.75) is 160 Å². The Labute approximate surface area is 229 Å². The molecule has 5 heteroatoms. The van der Waals surface area contributed by atoms with Gasteiger partial charge in [0, 0.05) is 17.4 Å². The molecule has 0 spiro atoms. The molecule has 2 atom stereocenters. The van der Waals surface area contributed by atoms with Crippen LogP contribution in [0.5, 0.6) is 0 Å². The molecular formula is C30H58O4Sn. The van der Waals surface area contributed by atoms with E-state index in [4.69, 9.17) is 0 Å². The number of carbonyl (C=O) groups is 2. The summed E-state index contributed by atoms with van der Waals surface area (Å²) in [5.74, 6) is -1.37. The summed E-state index contributed by atoms with van der Waals surface area (Å²) in [4.78, 5) is 23.1. The number of carbonyl (C=O) groups excluding carboxylic acids is 2. The van der Waals surface area contributed by atoms with E-state index in [0.29, 0.717) is 37.5 Å². The normalized spacial score (nSPS) is 14.2. The van der Waals surface area contributed by atoms with Crippen LogP contribution in [0.4, 0.5) is 0 Å². The van der Waals surface area contributed by atoms with E-state index in [1.165, 1.54) is 25.7 Å². The van der Waals surface area contributed by atoms with Crippen LogP contribution >= 0.6 is 0 Å². The van der Waals surface area contributed by atoms with Gasteiger partial charge in [-0.15, -0.1) is 0 Å². The van der Waals surface area contributed by atoms with Gasteiger partial charge in [0.2, 0.25) is 0 Å². The minimum atomic E-state index is -1.10. The summed E-state index contributed by atoms with van der Waals surface area (Å²) < 4.78 is 3.25. The van der Waals surface area contributed by atoms with E-state index >= 15 is 0 Å². The SMILES string of the molecule is CCCCC(CC)CC(CCCC(=O)[O-])(CC(CC)CCCC)C(=O)[O-].CCC[CH2][Sn+2][CH2]CCC. The summed E-state index contributed by atoms with van der Waals surface area (Å²) in [5.41, 5.74) is -0.904. The van der Waals surface area contributed by atoms with Gasteiger partial charge in [-0.25, -0.2) is 0 Å². The first-order valence-electron chi connectivity index (χ1n) is 14.9. The third kappa shape index (κ3) is 20.5. The molecule has 206 valence electrons. The molecule has 0 fully saturated rings. The van der Waals surface area contributed by atoms with Gasteiger partial charge in [0.15, 0.2) is 0 Å². The Kier molecular flexibility index (Phi) is 26.8. The second kappa shape index (κ2) is 25.4. The average molecular weight is 602 g/mol. The molecule has 0 aliphatic carbocycles. The Hall–Kier alpha value is -0.261. The van der Waals surface area contributed by atoms with Crippen molar-refractivity contribution in [2.75, 3.05) is 0 Å². The molecule has 35 heavy (non-hydrogen) atoms. The monoisotopic (exact) mass is 602 g/mol. The van der Waals surface area contributed by atoms with Gasteiger partial charge in [0.05, 0.1) is 0 Å². The zero-order valence-electron chi connectivity index (χ0n) is 24.2. The van der Waals surface area contributed by atoms with Gasteiger partial charge in [-0.05, 0) is 43.9 Å². The van der Waals surface area contributed by atoms with E-state index < -0.39 is 17.4 Å². The number of carboxylic acid groups (broad SMARTS) is 2. The number of unbranched alkanes of at least 4 members (excludes halogenated alkanes) is 4. The van der Waals surface area contributed by atoms with E-state index in [1.54, 1.807) is 8.87 Å². The molecule has 0 saturated carbocycles. The molecule has 0 saturated heterocycles. The van der Waals surface area contributed by atoms with E-state index in [-0.39, 0.29) is 27.6 Å². The summed E-state index contributed by atoms with van der Waals surface area (Å²) in [6, 6.07) is 0. The second-order valence-electron chi connectivity index (χ2n) is 10.5. The van der Waals surface area contributed by atoms with Crippen LogP contribution in [0.1, 0.15) is 151 Å². The van der Waals surface area contributed by atoms with Crippen LogP contribution in [-0.2, 0) is 9.59 Å². The Bertz CT molecular complexity index is 471. The fourth-order valence-electron chi connectivity index (χ4n) is 4.85. The van der Waals surface area contributed by atoms with Crippen molar-refractivity contribution in [3.05, 3.63) is 0 Å². The Balaban J connectivity index is 0. The van der Waals surface area contributed by atoms with Gasteiger partial charge >= 0.3 is 69.5 Å². The van der Waals surface area contributed by atoms with E-state index in [0.717, 1.165) is 51.4 Å². The number of rotatable bonds is 23. The molecule has 0 aromatic heterocycles. The van der Waals surface area contributed by atoms with Gasteiger partial charge < -0.3 is 19.8 Å². The quantitative estimate of drug-likeness (QED) is 0.0935. The maximum atomic E-state index is 12.3. The van der Waals surface area contributed by atoms with Crippen LogP contribution in [0.15, 0.2) is 0 Å². The van der Waals surface area contributed by atoms with Crippen molar-refractivity contribution < 1.29 is 19.8 Å². The first kappa shape index (κ1) is 36.9. The zero-order chi connectivity index (χ0) is 27.0. The summed E-state index contributed by atoms with van der Waals surface area (Å²) in [5, 5.41) is 23.1. The summed E-state index contributed by atoms with van der Waals surface area (Å²) in [6.45, 7) is 13.1. The van der Waals surface area contributed by atoms with Gasteiger partial charge in [-0.1, -0.05) is 79.1 Å². The minimum absolute atomic E-state index is 0.0769. The molecule has 0 aromatic carbocycles. The fraction of sp³-hybridized carbons (Fsp3) is 0.933. The molecule has 0 aliphatic heterocycles. The third-order valence-electron chi connectivity index (χ3n) is 7.33. The van der Waals surface area contributed by atoms with Crippen LogP contribution in [0.2, 0.25) is 8.87 Å². The van der Waals surface area contributed by atoms with Crippen molar-refractivity contribution in [3.63, 3.8) is 0 Å². The van der Waals surface area contributed by atoms with Gasteiger partial charge in [-0.3, -0.25) is 0 Å². The van der Waals surface area contributed by atoms with Crippen molar-refractivity contribution in [2.24, 2.45) is 17.3 Å².